The Morgan fingerprint density at radius 3 is 2.59 bits per heavy atom. The van der Waals surface area contributed by atoms with E-state index in [0.717, 1.165) is 23.8 Å². The van der Waals surface area contributed by atoms with E-state index in [0.29, 0.717) is 4.58 Å². The molecule has 0 aliphatic carbocycles. The fourth-order valence-electron chi connectivity index (χ4n) is 1.36. The number of aryl methyl sites for hydroxylation is 1. The van der Waals surface area contributed by atoms with E-state index < -0.39 is 0 Å². The van der Waals surface area contributed by atoms with Gasteiger partial charge in [0.15, 0.2) is 0 Å². The number of halogens is 1. The number of alkyl halides is 1. The molecule has 0 aromatic heterocycles. The monoisotopic (exact) mass is 286 g/mol. The third kappa shape index (κ3) is 5.89. The van der Waals surface area contributed by atoms with Crippen molar-refractivity contribution in [2.75, 3.05) is 17.4 Å². The minimum absolute atomic E-state index is 0.497. The molecule has 0 heterocycles. The zero-order valence-corrected chi connectivity index (χ0v) is 12.6. The van der Waals surface area contributed by atoms with Crippen LogP contribution in [0.3, 0.4) is 0 Å². The Morgan fingerprint density at radius 1 is 1.29 bits per heavy atom. The standard InChI is InChI=1S/C14H19ClS2/c1-3-10-16-14(17-11-4-9-15)13-7-5-12(2)6-8-13/h3,5-8,14H,1,4,9-11H2,2H3. The molecule has 0 fully saturated rings. The molecular weight excluding hydrogens is 268 g/mol. The van der Waals surface area contributed by atoms with Gasteiger partial charge in [0, 0.05) is 11.6 Å². The van der Waals surface area contributed by atoms with Gasteiger partial charge in [0.1, 0.15) is 0 Å². The lowest BCUT2D eigenvalue weighted by molar-refractivity contribution is 1.11. The Morgan fingerprint density at radius 2 is 2.00 bits per heavy atom. The molecule has 0 N–H and O–H groups in total. The van der Waals surface area contributed by atoms with Crippen LogP contribution in [0.25, 0.3) is 0 Å². The van der Waals surface area contributed by atoms with E-state index >= 15 is 0 Å². The first-order valence-electron chi connectivity index (χ1n) is 5.74. The zero-order valence-electron chi connectivity index (χ0n) is 10.2. The topological polar surface area (TPSA) is 0 Å². The second kappa shape index (κ2) is 8.96. The van der Waals surface area contributed by atoms with Crippen LogP contribution in [-0.2, 0) is 0 Å². The van der Waals surface area contributed by atoms with Crippen molar-refractivity contribution < 1.29 is 0 Å². The summed E-state index contributed by atoms with van der Waals surface area (Å²) in [6.45, 7) is 5.91. The van der Waals surface area contributed by atoms with Gasteiger partial charge in [0.2, 0.25) is 0 Å². The van der Waals surface area contributed by atoms with Crippen LogP contribution in [0.4, 0.5) is 0 Å². The minimum Gasteiger partial charge on any atom is -0.143 e. The first kappa shape index (κ1) is 15.0. The van der Waals surface area contributed by atoms with Crippen LogP contribution in [0, 0.1) is 6.92 Å². The van der Waals surface area contributed by atoms with E-state index in [4.69, 9.17) is 11.6 Å². The van der Waals surface area contributed by atoms with Gasteiger partial charge in [-0.2, -0.15) is 0 Å². The largest absolute Gasteiger partial charge is 0.143 e. The molecule has 1 unspecified atom stereocenters. The predicted molar refractivity (Wildman–Crippen MR) is 84.4 cm³/mol. The smallest absolute Gasteiger partial charge is 0.0754 e. The molecule has 0 aliphatic rings. The van der Waals surface area contributed by atoms with Crippen LogP contribution in [0.5, 0.6) is 0 Å². The fraction of sp³-hybridized carbons (Fsp3) is 0.429. The molecule has 0 amide bonds. The van der Waals surface area contributed by atoms with Crippen LogP contribution < -0.4 is 0 Å². The Kier molecular flexibility index (Phi) is 7.91. The maximum Gasteiger partial charge on any atom is 0.0754 e. The maximum atomic E-state index is 5.72. The second-order valence-corrected chi connectivity index (χ2v) is 6.81. The summed E-state index contributed by atoms with van der Waals surface area (Å²) < 4.78 is 0.497. The lowest BCUT2D eigenvalue weighted by Gasteiger charge is -2.16. The highest BCUT2D eigenvalue weighted by Gasteiger charge is 2.11. The molecule has 17 heavy (non-hydrogen) atoms. The molecule has 1 aromatic rings. The van der Waals surface area contributed by atoms with Gasteiger partial charge < -0.3 is 0 Å². The normalized spacial score (nSPS) is 12.4. The van der Waals surface area contributed by atoms with Crippen molar-refractivity contribution in [3.8, 4) is 0 Å². The highest BCUT2D eigenvalue weighted by molar-refractivity contribution is 8.16. The second-order valence-electron chi connectivity index (χ2n) is 3.78. The summed E-state index contributed by atoms with van der Waals surface area (Å²) in [5, 5.41) is 0. The third-order valence-corrected chi connectivity index (χ3v) is 5.45. The van der Waals surface area contributed by atoms with E-state index in [1.54, 1.807) is 0 Å². The Balaban J connectivity index is 2.60. The van der Waals surface area contributed by atoms with E-state index in [9.17, 15) is 0 Å². The minimum atomic E-state index is 0.497. The molecule has 0 bridgehead atoms. The van der Waals surface area contributed by atoms with Crippen molar-refractivity contribution in [2.45, 2.75) is 17.9 Å². The van der Waals surface area contributed by atoms with Crippen LogP contribution in [0.2, 0.25) is 0 Å². The molecule has 1 rings (SSSR count). The highest BCUT2D eigenvalue weighted by Crippen LogP contribution is 2.39. The molecule has 0 spiro atoms. The summed E-state index contributed by atoms with van der Waals surface area (Å²) in [7, 11) is 0. The van der Waals surface area contributed by atoms with Crippen molar-refractivity contribution in [1.29, 1.82) is 0 Å². The van der Waals surface area contributed by atoms with Gasteiger partial charge in [0.05, 0.1) is 4.58 Å². The van der Waals surface area contributed by atoms with E-state index in [-0.39, 0.29) is 0 Å². The zero-order chi connectivity index (χ0) is 12.5. The SMILES string of the molecule is C=CCSC(SCCCCl)c1ccc(C)cc1. The molecule has 1 aromatic carbocycles. The summed E-state index contributed by atoms with van der Waals surface area (Å²) in [6, 6.07) is 8.81. The van der Waals surface area contributed by atoms with E-state index in [1.165, 1.54) is 11.1 Å². The van der Waals surface area contributed by atoms with Gasteiger partial charge in [-0.15, -0.1) is 41.7 Å². The Bertz CT molecular complexity index is 321. The lowest BCUT2D eigenvalue weighted by atomic mass is 10.2. The highest BCUT2D eigenvalue weighted by atomic mass is 35.5. The van der Waals surface area contributed by atoms with Crippen LogP contribution in [0.15, 0.2) is 36.9 Å². The van der Waals surface area contributed by atoms with Gasteiger partial charge in [-0.3, -0.25) is 0 Å². The fourth-order valence-corrected chi connectivity index (χ4v) is 4.10. The molecule has 1 atom stereocenters. The molecule has 3 heteroatoms. The van der Waals surface area contributed by atoms with Gasteiger partial charge in [-0.25, -0.2) is 0 Å². The summed E-state index contributed by atoms with van der Waals surface area (Å²) >= 11 is 9.63. The molecule has 0 nitrogen and oxygen atoms in total. The van der Waals surface area contributed by atoms with E-state index in [1.807, 2.05) is 29.6 Å². The third-order valence-electron chi connectivity index (χ3n) is 2.26. The van der Waals surface area contributed by atoms with Crippen molar-refractivity contribution in [2.24, 2.45) is 0 Å². The quantitative estimate of drug-likeness (QED) is 0.276. The molecular formula is C14H19ClS2. The van der Waals surface area contributed by atoms with Crippen molar-refractivity contribution in [3.05, 3.63) is 48.0 Å². The van der Waals surface area contributed by atoms with Gasteiger partial charge in [0.25, 0.3) is 0 Å². The summed E-state index contributed by atoms with van der Waals surface area (Å²) in [4.78, 5) is 0. The first-order valence-corrected chi connectivity index (χ1v) is 8.37. The van der Waals surface area contributed by atoms with Crippen molar-refractivity contribution >= 4 is 35.1 Å². The molecule has 0 saturated carbocycles. The van der Waals surface area contributed by atoms with Gasteiger partial charge in [-0.1, -0.05) is 35.9 Å². The number of benzene rings is 1. The van der Waals surface area contributed by atoms with Gasteiger partial charge in [-0.05, 0) is 24.7 Å². The molecule has 0 saturated heterocycles. The number of hydrogen-bond acceptors (Lipinski definition) is 2. The van der Waals surface area contributed by atoms with Crippen molar-refractivity contribution in [1.82, 2.24) is 0 Å². The number of rotatable bonds is 8. The van der Waals surface area contributed by atoms with E-state index in [2.05, 4.69) is 37.8 Å². The summed E-state index contributed by atoms with van der Waals surface area (Å²) in [5.41, 5.74) is 2.70. The Labute approximate surface area is 118 Å². The van der Waals surface area contributed by atoms with Crippen LogP contribution >= 0.6 is 35.1 Å². The lowest BCUT2D eigenvalue weighted by Crippen LogP contribution is -1.93. The maximum absolute atomic E-state index is 5.72. The predicted octanol–water partition coefficient (Wildman–Crippen LogP) is 5.27. The van der Waals surface area contributed by atoms with Gasteiger partial charge >= 0.3 is 0 Å². The van der Waals surface area contributed by atoms with Crippen molar-refractivity contribution in [3.63, 3.8) is 0 Å². The first-order chi connectivity index (χ1) is 8.27. The Hall–Kier alpha value is -0.0500. The number of hydrogen-bond donors (Lipinski definition) is 0. The molecule has 94 valence electrons. The summed E-state index contributed by atoms with van der Waals surface area (Å²) in [5.74, 6) is 2.86. The molecule has 0 aliphatic heterocycles. The molecule has 0 radical (unpaired) electrons. The summed E-state index contributed by atoms with van der Waals surface area (Å²) in [6.07, 6.45) is 3.04. The number of thioether (sulfide) groups is 2. The van der Waals surface area contributed by atoms with Crippen LogP contribution in [-0.4, -0.2) is 17.4 Å². The van der Waals surface area contributed by atoms with Crippen LogP contribution in [0.1, 0.15) is 22.1 Å². The average Bonchev–Trinajstić information content (AvgIpc) is 2.35. The average molecular weight is 287 g/mol.